The summed E-state index contributed by atoms with van der Waals surface area (Å²) in [4.78, 5) is 4.28. The van der Waals surface area contributed by atoms with Crippen molar-refractivity contribution in [1.82, 2.24) is 5.43 Å². The van der Waals surface area contributed by atoms with Crippen LogP contribution in [0.3, 0.4) is 0 Å². The number of nitrogens with one attached hydrogen (secondary N) is 1. The fraction of sp³-hybridized carbons (Fsp3) is 0.364. The lowest BCUT2D eigenvalue weighted by molar-refractivity contribution is 0.989. The van der Waals surface area contributed by atoms with Crippen LogP contribution in [-0.4, -0.2) is 12.4 Å². The van der Waals surface area contributed by atoms with Gasteiger partial charge < -0.3 is 5.43 Å². The Hall–Kier alpha value is -1.35. The highest BCUT2D eigenvalue weighted by molar-refractivity contribution is 5.99. The number of benzene rings is 1. The predicted octanol–water partition coefficient (Wildman–Crippen LogP) is 1.53. The summed E-state index contributed by atoms with van der Waals surface area (Å²) in [6.45, 7) is 6.85. The summed E-state index contributed by atoms with van der Waals surface area (Å²) in [6.07, 6.45) is 0. The molecule has 14 heavy (non-hydrogen) atoms. The topological polar surface area (TPSA) is 50.4 Å². The molecule has 0 atom stereocenters. The summed E-state index contributed by atoms with van der Waals surface area (Å²) in [7, 11) is 0. The molecule has 0 amide bonds. The van der Waals surface area contributed by atoms with Gasteiger partial charge in [-0.1, -0.05) is 23.8 Å². The molecule has 1 aromatic rings. The van der Waals surface area contributed by atoms with E-state index in [2.05, 4.69) is 36.4 Å². The standard InChI is InChI=1S/C11H17N3/c1-4-13-11(14-12)10-6-5-8(2)7-9(10)3/h5-7H,4,12H2,1-3H3,(H,13,14). The predicted molar refractivity (Wildman–Crippen MR) is 60.3 cm³/mol. The smallest absolute Gasteiger partial charge is 0.142 e. The fourth-order valence-corrected chi connectivity index (χ4v) is 1.45. The first-order valence-electron chi connectivity index (χ1n) is 4.77. The Labute approximate surface area is 85.0 Å². The zero-order valence-electron chi connectivity index (χ0n) is 8.96. The Morgan fingerprint density at radius 3 is 2.64 bits per heavy atom. The summed E-state index contributed by atoms with van der Waals surface area (Å²) < 4.78 is 0. The third kappa shape index (κ3) is 2.33. The number of amidine groups is 1. The van der Waals surface area contributed by atoms with Crippen molar-refractivity contribution in [3.05, 3.63) is 34.9 Å². The maximum Gasteiger partial charge on any atom is 0.142 e. The van der Waals surface area contributed by atoms with Crippen molar-refractivity contribution in [2.24, 2.45) is 10.8 Å². The number of hydrogen-bond acceptors (Lipinski definition) is 2. The highest BCUT2D eigenvalue weighted by Crippen LogP contribution is 2.10. The number of aryl methyl sites for hydroxylation is 2. The maximum absolute atomic E-state index is 5.42. The lowest BCUT2D eigenvalue weighted by atomic mass is 10.1. The Bertz CT molecular complexity index is 342. The maximum atomic E-state index is 5.42. The van der Waals surface area contributed by atoms with Gasteiger partial charge in [-0.05, 0) is 26.3 Å². The van der Waals surface area contributed by atoms with Crippen LogP contribution >= 0.6 is 0 Å². The Kier molecular flexibility index (Phi) is 3.65. The van der Waals surface area contributed by atoms with Crippen molar-refractivity contribution < 1.29 is 0 Å². The summed E-state index contributed by atoms with van der Waals surface area (Å²) in [6, 6.07) is 6.22. The molecule has 0 aromatic heterocycles. The zero-order chi connectivity index (χ0) is 10.6. The first-order valence-corrected chi connectivity index (χ1v) is 4.77. The monoisotopic (exact) mass is 191 g/mol. The Morgan fingerprint density at radius 2 is 2.14 bits per heavy atom. The van der Waals surface area contributed by atoms with Crippen molar-refractivity contribution in [3.63, 3.8) is 0 Å². The normalized spacial score (nSPS) is 11.6. The van der Waals surface area contributed by atoms with Gasteiger partial charge in [0.25, 0.3) is 0 Å². The van der Waals surface area contributed by atoms with Crippen LogP contribution in [0.5, 0.6) is 0 Å². The number of hydrazine groups is 1. The SMILES string of the molecule is CCN=C(NN)c1ccc(C)cc1C. The minimum absolute atomic E-state index is 0.729. The molecule has 1 rings (SSSR count). The van der Waals surface area contributed by atoms with E-state index >= 15 is 0 Å². The zero-order valence-corrected chi connectivity index (χ0v) is 8.96. The van der Waals surface area contributed by atoms with Crippen molar-refractivity contribution in [1.29, 1.82) is 0 Å². The van der Waals surface area contributed by atoms with E-state index in [-0.39, 0.29) is 0 Å². The van der Waals surface area contributed by atoms with Gasteiger partial charge in [0.15, 0.2) is 0 Å². The molecule has 0 fully saturated rings. The van der Waals surface area contributed by atoms with E-state index in [0.29, 0.717) is 0 Å². The minimum atomic E-state index is 0.729. The van der Waals surface area contributed by atoms with Gasteiger partial charge in [0, 0.05) is 12.1 Å². The number of rotatable bonds is 2. The second-order valence-electron chi connectivity index (χ2n) is 3.29. The van der Waals surface area contributed by atoms with Gasteiger partial charge in [-0.25, -0.2) is 5.84 Å². The Balaban J connectivity index is 3.11. The van der Waals surface area contributed by atoms with Crippen LogP contribution in [0.1, 0.15) is 23.6 Å². The third-order valence-electron chi connectivity index (χ3n) is 2.09. The van der Waals surface area contributed by atoms with E-state index < -0.39 is 0 Å². The van der Waals surface area contributed by atoms with Gasteiger partial charge in [0.1, 0.15) is 5.84 Å². The Morgan fingerprint density at radius 1 is 1.43 bits per heavy atom. The number of hydrogen-bond donors (Lipinski definition) is 2. The van der Waals surface area contributed by atoms with Crippen molar-refractivity contribution in [2.75, 3.05) is 6.54 Å². The van der Waals surface area contributed by atoms with Crippen LogP contribution in [0.4, 0.5) is 0 Å². The molecule has 0 bridgehead atoms. The summed E-state index contributed by atoms with van der Waals surface area (Å²) in [5.41, 5.74) is 6.14. The lowest BCUT2D eigenvalue weighted by Crippen LogP contribution is -2.31. The van der Waals surface area contributed by atoms with Gasteiger partial charge in [-0.15, -0.1) is 0 Å². The molecule has 0 heterocycles. The average Bonchev–Trinajstić information content (AvgIpc) is 2.15. The van der Waals surface area contributed by atoms with Crippen LogP contribution in [0.2, 0.25) is 0 Å². The molecule has 0 unspecified atom stereocenters. The van der Waals surface area contributed by atoms with Crippen LogP contribution in [-0.2, 0) is 0 Å². The molecule has 3 heteroatoms. The van der Waals surface area contributed by atoms with Gasteiger partial charge in [-0.2, -0.15) is 0 Å². The van der Waals surface area contributed by atoms with Gasteiger partial charge in [0.05, 0.1) is 0 Å². The van der Waals surface area contributed by atoms with Crippen molar-refractivity contribution in [3.8, 4) is 0 Å². The largest absolute Gasteiger partial charge is 0.308 e. The number of aliphatic imine (C=N–C) groups is 1. The van der Waals surface area contributed by atoms with E-state index in [0.717, 1.165) is 17.9 Å². The van der Waals surface area contributed by atoms with Crippen LogP contribution in [0.15, 0.2) is 23.2 Å². The van der Waals surface area contributed by atoms with Gasteiger partial charge in [-0.3, -0.25) is 4.99 Å². The highest BCUT2D eigenvalue weighted by atomic mass is 15.2. The molecule has 1 aromatic carbocycles. The molecule has 0 spiro atoms. The molecular weight excluding hydrogens is 174 g/mol. The summed E-state index contributed by atoms with van der Waals surface area (Å²) in [5.74, 6) is 6.17. The first kappa shape index (κ1) is 10.7. The minimum Gasteiger partial charge on any atom is -0.308 e. The number of nitrogens with zero attached hydrogens (tertiary/aromatic N) is 1. The molecule has 0 aliphatic heterocycles. The molecular formula is C11H17N3. The van der Waals surface area contributed by atoms with E-state index in [1.807, 2.05) is 13.0 Å². The lowest BCUT2D eigenvalue weighted by Gasteiger charge is -2.09. The first-order chi connectivity index (χ1) is 6.69. The third-order valence-corrected chi connectivity index (χ3v) is 2.09. The summed E-state index contributed by atoms with van der Waals surface area (Å²) >= 11 is 0. The second kappa shape index (κ2) is 4.77. The molecule has 0 saturated carbocycles. The molecule has 0 saturated heterocycles. The summed E-state index contributed by atoms with van der Waals surface area (Å²) in [5, 5.41) is 0. The molecule has 0 aliphatic carbocycles. The van der Waals surface area contributed by atoms with Crippen LogP contribution < -0.4 is 11.3 Å². The van der Waals surface area contributed by atoms with Gasteiger partial charge >= 0.3 is 0 Å². The van der Waals surface area contributed by atoms with Gasteiger partial charge in [0.2, 0.25) is 0 Å². The molecule has 3 nitrogen and oxygen atoms in total. The van der Waals surface area contributed by atoms with Crippen molar-refractivity contribution in [2.45, 2.75) is 20.8 Å². The average molecular weight is 191 g/mol. The molecule has 76 valence electrons. The highest BCUT2D eigenvalue weighted by Gasteiger charge is 2.04. The van der Waals surface area contributed by atoms with E-state index in [1.165, 1.54) is 11.1 Å². The van der Waals surface area contributed by atoms with Crippen LogP contribution in [0.25, 0.3) is 0 Å². The molecule has 0 radical (unpaired) electrons. The number of nitrogens with two attached hydrogens (primary N) is 1. The molecule has 0 aliphatic rings. The fourth-order valence-electron chi connectivity index (χ4n) is 1.45. The van der Waals surface area contributed by atoms with E-state index in [9.17, 15) is 0 Å². The van der Waals surface area contributed by atoms with Crippen molar-refractivity contribution >= 4 is 5.84 Å². The van der Waals surface area contributed by atoms with E-state index in [4.69, 9.17) is 5.84 Å². The second-order valence-corrected chi connectivity index (χ2v) is 3.29. The quantitative estimate of drug-likeness (QED) is 0.322. The molecule has 3 N–H and O–H groups in total. The van der Waals surface area contributed by atoms with Crippen LogP contribution in [0, 0.1) is 13.8 Å². The van der Waals surface area contributed by atoms with E-state index in [1.54, 1.807) is 0 Å².